The van der Waals surface area contributed by atoms with Gasteiger partial charge >= 0.3 is 0 Å². The molecule has 0 fully saturated rings. The number of carbonyl (C=O) groups is 1. The highest BCUT2D eigenvalue weighted by Crippen LogP contribution is 2.20. The van der Waals surface area contributed by atoms with E-state index in [1.807, 2.05) is 25.1 Å². The molecule has 0 saturated heterocycles. The SMILES string of the molecule is Cc1cc(NC(=O)c2cn[nH]n2)ccc1Br. The predicted molar refractivity (Wildman–Crippen MR) is 63.2 cm³/mol. The zero-order chi connectivity index (χ0) is 11.5. The van der Waals surface area contributed by atoms with Crippen LogP contribution in [0.3, 0.4) is 0 Å². The van der Waals surface area contributed by atoms with E-state index in [0.29, 0.717) is 0 Å². The third kappa shape index (κ3) is 2.27. The van der Waals surface area contributed by atoms with Gasteiger partial charge in [-0.2, -0.15) is 15.4 Å². The number of nitrogens with one attached hydrogen (secondary N) is 2. The predicted octanol–water partition coefficient (Wildman–Crippen LogP) is 2.13. The highest BCUT2D eigenvalue weighted by atomic mass is 79.9. The Balaban J connectivity index is 2.15. The van der Waals surface area contributed by atoms with Crippen LogP contribution in [-0.2, 0) is 0 Å². The van der Waals surface area contributed by atoms with Crippen LogP contribution in [0.1, 0.15) is 16.1 Å². The van der Waals surface area contributed by atoms with E-state index in [9.17, 15) is 4.79 Å². The lowest BCUT2D eigenvalue weighted by Gasteiger charge is -2.05. The fraction of sp³-hybridized carbons (Fsp3) is 0.100. The summed E-state index contributed by atoms with van der Waals surface area (Å²) in [5.41, 5.74) is 2.05. The maximum Gasteiger partial charge on any atom is 0.277 e. The number of amides is 1. The van der Waals surface area contributed by atoms with Crippen molar-refractivity contribution >= 4 is 27.5 Å². The van der Waals surface area contributed by atoms with Crippen LogP contribution in [0.2, 0.25) is 0 Å². The summed E-state index contributed by atoms with van der Waals surface area (Å²) >= 11 is 3.39. The molecular formula is C10H9BrN4O. The van der Waals surface area contributed by atoms with Gasteiger partial charge in [0.25, 0.3) is 5.91 Å². The molecule has 6 heteroatoms. The second kappa shape index (κ2) is 4.44. The Bertz CT molecular complexity index is 510. The van der Waals surface area contributed by atoms with Gasteiger partial charge in [-0.25, -0.2) is 0 Å². The summed E-state index contributed by atoms with van der Waals surface area (Å²) in [6.45, 7) is 1.95. The number of aromatic amines is 1. The number of halogens is 1. The molecule has 82 valence electrons. The molecule has 1 aromatic heterocycles. The van der Waals surface area contributed by atoms with Gasteiger partial charge in [-0.1, -0.05) is 15.9 Å². The molecule has 1 heterocycles. The van der Waals surface area contributed by atoms with Crippen molar-refractivity contribution in [1.82, 2.24) is 15.4 Å². The van der Waals surface area contributed by atoms with Gasteiger partial charge in [0.1, 0.15) is 0 Å². The van der Waals surface area contributed by atoms with Crippen molar-refractivity contribution in [2.75, 3.05) is 5.32 Å². The van der Waals surface area contributed by atoms with Crippen molar-refractivity contribution in [1.29, 1.82) is 0 Å². The van der Waals surface area contributed by atoms with E-state index >= 15 is 0 Å². The van der Waals surface area contributed by atoms with Crippen LogP contribution in [0.5, 0.6) is 0 Å². The number of aromatic nitrogens is 3. The van der Waals surface area contributed by atoms with E-state index < -0.39 is 0 Å². The van der Waals surface area contributed by atoms with Crippen LogP contribution in [0.4, 0.5) is 5.69 Å². The summed E-state index contributed by atoms with van der Waals surface area (Å²) < 4.78 is 1.01. The van der Waals surface area contributed by atoms with E-state index in [1.165, 1.54) is 6.20 Å². The van der Waals surface area contributed by atoms with Crippen molar-refractivity contribution < 1.29 is 4.79 Å². The fourth-order valence-electron chi connectivity index (χ4n) is 1.23. The highest BCUT2D eigenvalue weighted by Gasteiger charge is 2.08. The summed E-state index contributed by atoms with van der Waals surface area (Å²) in [6.07, 6.45) is 1.38. The average Bonchev–Trinajstić information content (AvgIpc) is 2.77. The van der Waals surface area contributed by atoms with Gasteiger partial charge in [0.15, 0.2) is 5.69 Å². The zero-order valence-electron chi connectivity index (χ0n) is 8.49. The minimum absolute atomic E-state index is 0.264. The molecule has 0 aliphatic heterocycles. The van der Waals surface area contributed by atoms with Crippen LogP contribution in [-0.4, -0.2) is 21.3 Å². The van der Waals surface area contributed by atoms with Crippen molar-refractivity contribution in [2.24, 2.45) is 0 Å². The number of rotatable bonds is 2. The van der Waals surface area contributed by atoms with Gasteiger partial charge in [0, 0.05) is 10.2 Å². The lowest BCUT2D eigenvalue weighted by atomic mass is 10.2. The number of benzene rings is 1. The second-order valence-electron chi connectivity index (χ2n) is 3.27. The molecule has 0 aliphatic rings. The van der Waals surface area contributed by atoms with Gasteiger partial charge < -0.3 is 5.32 Å². The average molecular weight is 281 g/mol. The van der Waals surface area contributed by atoms with E-state index in [-0.39, 0.29) is 11.6 Å². The molecule has 2 rings (SSSR count). The topological polar surface area (TPSA) is 70.7 Å². The zero-order valence-corrected chi connectivity index (χ0v) is 10.1. The molecule has 0 aliphatic carbocycles. The Morgan fingerprint density at radius 1 is 1.50 bits per heavy atom. The molecule has 0 saturated carbocycles. The molecule has 0 unspecified atom stereocenters. The van der Waals surface area contributed by atoms with Crippen LogP contribution < -0.4 is 5.32 Å². The molecule has 0 atom stereocenters. The van der Waals surface area contributed by atoms with Gasteiger partial charge in [0.2, 0.25) is 0 Å². The molecule has 16 heavy (non-hydrogen) atoms. The smallest absolute Gasteiger partial charge is 0.277 e. The number of anilines is 1. The number of H-pyrrole nitrogens is 1. The number of hydrogen-bond acceptors (Lipinski definition) is 3. The minimum atomic E-state index is -0.282. The number of nitrogens with zero attached hydrogens (tertiary/aromatic N) is 2. The first-order chi connectivity index (χ1) is 7.66. The van der Waals surface area contributed by atoms with E-state index in [1.54, 1.807) is 0 Å². The van der Waals surface area contributed by atoms with Crippen LogP contribution in [0.15, 0.2) is 28.9 Å². The highest BCUT2D eigenvalue weighted by molar-refractivity contribution is 9.10. The third-order valence-corrected chi connectivity index (χ3v) is 2.95. The van der Waals surface area contributed by atoms with Crippen LogP contribution >= 0.6 is 15.9 Å². The molecule has 2 aromatic rings. The molecular weight excluding hydrogens is 272 g/mol. The molecule has 1 amide bonds. The number of hydrogen-bond donors (Lipinski definition) is 2. The Hall–Kier alpha value is -1.69. The summed E-state index contributed by atoms with van der Waals surface area (Å²) in [4.78, 5) is 11.6. The minimum Gasteiger partial charge on any atom is -0.321 e. The Labute approximate surface area is 100 Å². The van der Waals surface area contributed by atoms with Crippen molar-refractivity contribution in [2.45, 2.75) is 6.92 Å². The molecule has 0 bridgehead atoms. The monoisotopic (exact) mass is 280 g/mol. The molecule has 2 N–H and O–H groups in total. The number of aryl methyl sites for hydroxylation is 1. The summed E-state index contributed by atoms with van der Waals surface area (Å²) in [7, 11) is 0. The second-order valence-corrected chi connectivity index (χ2v) is 4.13. The third-order valence-electron chi connectivity index (χ3n) is 2.06. The van der Waals surface area contributed by atoms with Gasteiger partial charge in [-0.3, -0.25) is 4.79 Å². The standard InChI is InChI=1S/C10H9BrN4O/c1-6-4-7(2-3-8(6)11)13-10(16)9-5-12-15-14-9/h2-5H,1H3,(H,13,16)(H,12,14,15). The van der Waals surface area contributed by atoms with Crippen molar-refractivity contribution in [3.8, 4) is 0 Å². The van der Waals surface area contributed by atoms with E-state index in [2.05, 4.69) is 36.7 Å². The van der Waals surface area contributed by atoms with Crippen LogP contribution in [0.25, 0.3) is 0 Å². The first-order valence-corrected chi connectivity index (χ1v) is 5.39. The lowest BCUT2D eigenvalue weighted by molar-refractivity contribution is 0.102. The summed E-state index contributed by atoms with van der Waals surface area (Å²) in [6, 6.07) is 5.57. The van der Waals surface area contributed by atoms with Crippen molar-refractivity contribution in [3.05, 3.63) is 40.1 Å². The van der Waals surface area contributed by atoms with Crippen LogP contribution in [0, 0.1) is 6.92 Å². The lowest BCUT2D eigenvalue weighted by Crippen LogP contribution is -2.12. The van der Waals surface area contributed by atoms with E-state index in [4.69, 9.17) is 0 Å². The molecule has 0 spiro atoms. The Morgan fingerprint density at radius 3 is 2.94 bits per heavy atom. The maximum absolute atomic E-state index is 11.6. The molecule has 1 aromatic carbocycles. The maximum atomic E-state index is 11.6. The van der Waals surface area contributed by atoms with Crippen molar-refractivity contribution in [3.63, 3.8) is 0 Å². The quantitative estimate of drug-likeness (QED) is 0.885. The largest absolute Gasteiger partial charge is 0.321 e. The van der Waals surface area contributed by atoms with E-state index in [0.717, 1.165) is 15.7 Å². The van der Waals surface area contributed by atoms with Gasteiger partial charge in [0.05, 0.1) is 6.20 Å². The first kappa shape index (κ1) is 10.8. The normalized spacial score (nSPS) is 10.1. The molecule has 0 radical (unpaired) electrons. The van der Waals surface area contributed by atoms with Gasteiger partial charge in [-0.05, 0) is 30.7 Å². The summed E-state index contributed by atoms with van der Waals surface area (Å²) in [5.74, 6) is -0.282. The Morgan fingerprint density at radius 2 is 2.31 bits per heavy atom. The van der Waals surface area contributed by atoms with Gasteiger partial charge in [-0.15, -0.1) is 0 Å². The Kier molecular flexibility index (Phi) is 3.00. The molecule has 5 nitrogen and oxygen atoms in total. The number of carbonyl (C=O) groups excluding carboxylic acids is 1. The fourth-order valence-corrected chi connectivity index (χ4v) is 1.48. The first-order valence-electron chi connectivity index (χ1n) is 4.60. The summed E-state index contributed by atoms with van der Waals surface area (Å²) in [5, 5.41) is 12.4.